The number of piperazine rings is 1. The number of nitrogens with zero attached hydrogens (tertiary/aromatic N) is 2. The second-order valence-electron chi connectivity index (χ2n) is 10.4. The first-order chi connectivity index (χ1) is 13.7. The van der Waals surface area contributed by atoms with Crippen LogP contribution in [-0.2, 0) is 23.8 Å². The van der Waals surface area contributed by atoms with E-state index in [1.54, 1.807) is 0 Å². The van der Waals surface area contributed by atoms with Crippen molar-refractivity contribution in [2.24, 2.45) is 0 Å². The molecule has 1 amide bonds. The summed E-state index contributed by atoms with van der Waals surface area (Å²) in [6.07, 6.45) is 5.21. The van der Waals surface area contributed by atoms with Crippen LogP contribution in [0.15, 0.2) is 0 Å². The van der Waals surface area contributed by atoms with Crippen LogP contribution in [0.2, 0.25) is 0 Å². The van der Waals surface area contributed by atoms with Gasteiger partial charge in [0.25, 0.3) is 10.1 Å². The Labute approximate surface area is 182 Å². The molecule has 2 fully saturated rings. The maximum absolute atomic E-state index is 13.2. The van der Waals surface area contributed by atoms with E-state index < -0.39 is 15.7 Å². The van der Waals surface area contributed by atoms with E-state index in [4.69, 9.17) is 13.7 Å². The smallest absolute Gasteiger partial charge is 0.410 e. The fraction of sp³-hybridized carbons (Fsp3) is 0.952. The summed E-state index contributed by atoms with van der Waals surface area (Å²) in [4.78, 5) is 17.3. The van der Waals surface area contributed by atoms with Gasteiger partial charge in [-0.05, 0) is 60.8 Å². The Morgan fingerprint density at radius 3 is 2.13 bits per heavy atom. The van der Waals surface area contributed by atoms with E-state index >= 15 is 0 Å². The Balaban J connectivity index is 2.24. The second-order valence-corrected chi connectivity index (χ2v) is 12.1. The standard InChI is InChI=1S/C21H40N2O6S/c1-20(2,3)27-15-22-14-16(12-13-28-30(7,25)26)23(19(24)29-21(4,5)6)18-11-9-8-10-17(18)22/h16-18H,8-15H2,1-7H3/t16-,17+,18+/m1/s1. The predicted molar refractivity (Wildman–Crippen MR) is 116 cm³/mol. The number of ether oxygens (including phenoxy) is 2. The van der Waals surface area contributed by atoms with Crippen LogP contribution in [0.5, 0.6) is 0 Å². The number of carbonyl (C=O) groups is 1. The normalized spacial score (nSPS) is 26.4. The molecule has 0 unspecified atom stereocenters. The van der Waals surface area contributed by atoms with Crippen LogP contribution in [0.4, 0.5) is 4.79 Å². The van der Waals surface area contributed by atoms with Gasteiger partial charge in [0.15, 0.2) is 0 Å². The third kappa shape index (κ3) is 7.98. The zero-order valence-corrected chi connectivity index (χ0v) is 20.5. The lowest BCUT2D eigenvalue weighted by Gasteiger charge is -2.53. The van der Waals surface area contributed by atoms with E-state index in [1.165, 1.54) is 0 Å². The van der Waals surface area contributed by atoms with Gasteiger partial charge in [0.05, 0.1) is 30.5 Å². The molecule has 0 aromatic carbocycles. The van der Waals surface area contributed by atoms with Crippen LogP contribution in [0, 0.1) is 0 Å². The van der Waals surface area contributed by atoms with Crippen molar-refractivity contribution >= 4 is 16.2 Å². The molecule has 1 aliphatic heterocycles. The van der Waals surface area contributed by atoms with Crippen molar-refractivity contribution in [1.82, 2.24) is 9.80 Å². The van der Waals surface area contributed by atoms with Crippen LogP contribution in [-0.4, -0.2) is 79.8 Å². The van der Waals surface area contributed by atoms with Crippen LogP contribution >= 0.6 is 0 Å². The van der Waals surface area contributed by atoms with E-state index in [-0.39, 0.29) is 36.4 Å². The zero-order chi connectivity index (χ0) is 22.7. The van der Waals surface area contributed by atoms with Crippen molar-refractivity contribution < 1.29 is 26.9 Å². The van der Waals surface area contributed by atoms with E-state index in [1.807, 2.05) is 46.4 Å². The highest BCUT2D eigenvalue weighted by atomic mass is 32.2. The van der Waals surface area contributed by atoms with Crippen molar-refractivity contribution in [1.29, 1.82) is 0 Å². The molecular weight excluding hydrogens is 408 g/mol. The third-order valence-corrected chi connectivity index (χ3v) is 5.97. The van der Waals surface area contributed by atoms with Gasteiger partial charge in [-0.25, -0.2) is 4.79 Å². The lowest BCUT2D eigenvalue weighted by molar-refractivity contribution is -0.125. The Bertz CT molecular complexity index is 683. The average molecular weight is 449 g/mol. The SMILES string of the molecule is CC(C)(C)OCN1C[C@@H](CCOS(C)(=O)=O)N(C(=O)OC(C)(C)C)[C@H]2CCCC[C@@H]21. The topological polar surface area (TPSA) is 85.4 Å². The molecule has 0 spiro atoms. The molecule has 3 atom stereocenters. The highest BCUT2D eigenvalue weighted by Crippen LogP contribution is 2.35. The fourth-order valence-electron chi connectivity index (χ4n) is 4.20. The van der Waals surface area contributed by atoms with E-state index in [0.717, 1.165) is 31.9 Å². The second kappa shape index (κ2) is 9.71. The summed E-state index contributed by atoms with van der Waals surface area (Å²) in [6, 6.07) is 0.0272. The van der Waals surface area contributed by atoms with Gasteiger partial charge in [0.1, 0.15) is 12.3 Å². The molecule has 176 valence electrons. The van der Waals surface area contributed by atoms with Gasteiger partial charge in [-0.15, -0.1) is 0 Å². The molecule has 0 aromatic rings. The van der Waals surface area contributed by atoms with Crippen LogP contribution in [0.3, 0.4) is 0 Å². The molecule has 0 bridgehead atoms. The van der Waals surface area contributed by atoms with Crippen molar-refractivity contribution in [3.8, 4) is 0 Å². The molecular formula is C21H40N2O6S. The Kier molecular flexibility index (Phi) is 8.21. The summed E-state index contributed by atoms with van der Waals surface area (Å²) in [5.74, 6) is 0. The maximum atomic E-state index is 13.2. The number of fused-ring (bicyclic) bond motifs is 1. The van der Waals surface area contributed by atoms with Crippen LogP contribution in [0.1, 0.15) is 73.6 Å². The lowest BCUT2D eigenvalue weighted by atomic mass is 9.84. The van der Waals surface area contributed by atoms with Gasteiger partial charge >= 0.3 is 6.09 Å². The van der Waals surface area contributed by atoms with Crippen molar-refractivity contribution in [2.75, 3.05) is 26.1 Å². The minimum atomic E-state index is -3.53. The van der Waals surface area contributed by atoms with Crippen LogP contribution < -0.4 is 0 Å². The highest BCUT2D eigenvalue weighted by Gasteiger charge is 2.46. The Hall–Kier alpha value is -0.900. The molecule has 1 heterocycles. The molecule has 1 saturated carbocycles. The number of amides is 1. The molecule has 0 aromatic heterocycles. The molecule has 1 aliphatic carbocycles. The monoisotopic (exact) mass is 448 g/mol. The minimum Gasteiger partial charge on any atom is -0.444 e. The largest absolute Gasteiger partial charge is 0.444 e. The molecule has 30 heavy (non-hydrogen) atoms. The molecule has 2 rings (SSSR count). The van der Waals surface area contributed by atoms with E-state index in [0.29, 0.717) is 19.7 Å². The summed E-state index contributed by atoms with van der Waals surface area (Å²) >= 11 is 0. The van der Waals surface area contributed by atoms with Gasteiger partial charge < -0.3 is 9.47 Å². The van der Waals surface area contributed by atoms with Crippen molar-refractivity contribution in [3.05, 3.63) is 0 Å². The Morgan fingerprint density at radius 2 is 1.60 bits per heavy atom. The van der Waals surface area contributed by atoms with Crippen LogP contribution in [0.25, 0.3) is 0 Å². The first-order valence-electron chi connectivity index (χ1n) is 10.9. The maximum Gasteiger partial charge on any atom is 0.410 e. The number of rotatable bonds is 6. The highest BCUT2D eigenvalue weighted by molar-refractivity contribution is 7.85. The summed E-state index contributed by atoms with van der Waals surface area (Å²) < 4.78 is 39.6. The quantitative estimate of drug-likeness (QED) is 0.576. The van der Waals surface area contributed by atoms with Gasteiger partial charge in [-0.3, -0.25) is 14.0 Å². The number of hydrogen-bond donors (Lipinski definition) is 0. The molecule has 2 aliphatic rings. The van der Waals surface area contributed by atoms with Gasteiger partial charge in [-0.1, -0.05) is 12.8 Å². The van der Waals surface area contributed by atoms with Crippen molar-refractivity contribution in [3.63, 3.8) is 0 Å². The molecule has 9 heteroatoms. The van der Waals surface area contributed by atoms with Crippen molar-refractivity contribution in [2.45, 2.75) is 103 Å². The van der Waals surface area contributed by atoms with Gasteiger partial charge in [-0.2, -0.15) is 8.42 Å². The number of carbonyl (C=O) groups excluding carboxylic acids is 1. The third-order valence-electron chi connectivity index (χ3n) is 5.38. The van der Waals surface area contributed by atoms with Gasteiger partial charge in [0, 0.05) is 12.6 Å². The summed E-state index contributed by atoms with van der Waals surface area (Å²) in [6.45, 7) is 12.8. The average Bonchev–Trinajstić information content (AvgIpc) is 2.56. The molecule has 1 saturated heterocycles. The lowest BCUT2D eigenvalue weighted by Crippen LogP contribution is -2.67. The minimum absolute atomic E-state index is 0.0224. The van der Waals surface area contributed by atoms with Gasteiger partial charge in [0.2, 0.25) is 0 Å². The molecule has 0 radical (unpaired) electrons. The summed E-state index contributed by atoms with van der Waals surface area (Å²) in [5, 5.41) is 0. The first kappa shape index (κ1) is 25.4. The fourth-order valence-corrected chi connectivity index (χ4v) is 4.60. The number of hydrogen-bond acceptors (Lipinski definition) is 7. The summed E-state index contributed by atoms with van der Waals surface area (Å²) in [5.41, 5.74) is -0.858. The molecule has 8 nitrogen and oxygen atoms in total. The van der Waals surface area contributed by atoms with E-state index in [2.05, 4.69) is 4.90 Å². The molecule has 0 N–H and O–H groups in total. The first-order valence-corrected chi connectivity index (χ1v) is 12.7. The van der Waals surface area contributed by atoms with E-state index in [9.17, 15) is 13.2 Å². The predicted octanol–water partition coefficient (Wildman–Crippen LogP) is 3.36. The zero-order valence-electron chi connectivity index (χ0n) is 19.6. The summed E-state index contributed by atoms with van der Waals surface area (Å²) in [7, 11) is -3.53. The Morgan fingerprint density at radius 1 is 1.00 bits per heavy atom.